The van der Waals surface area contributed by atoms with Gasteiger partial charge in [-0.15, -0.1) is 0 Å². The molecule has 0 radical (unpaired) electrons. The van der Waals surface area contributed by atoms with Gasteiger partial charge in [0, 0.05) is 12.7 Å². The number of aliphatic hydroxyl groups is 1. The molecular weight excluding hydrogens is 327 g/mol. The van der Waals surface area contributed by atoms with Crippen molar-refractivity contribution in [3.05, 3.63) is 58.3 Å². The molecule has 0 saturated carbocycles. The van der Waals surface area contributed by atoms with Gasteiger partial charge in [-0.25, -0.2) is 0 Å². The number of benzene rings is 1. The van der Waals surface area contributed by atoms with Crippen molar-refractivity contribution in [2.45, 2.75) is 6.10 Å². The normalized spacial score (nSPS) is 11.8. The van der Waals surface area contributed by atoms with Crippen molar-refractivity contribution in [3.8, 4) is 5.75 Å². The van der Waals surface area contributed by atoms with Crippen LogP contribution in [0.2, 0.25) is 10.0 Å². The highest BCUT2D eigenvalue weighted by Crippen LogP contribution is 2.31. The number of rotatable bonds is 6. The molecule has 1 aromatic carbocycles. The van der Waals surface area contributed by atoms with Crippen LogP contribution in [0.25, 0.3) is 0 Å². The first kappa shape index (κ1) is 16.5. The summed E-state index contributed by atoms with van der Waals surface area (Å²) in [6.07, 6.45) is 0.637. The summed E-state index contributed by atoms with van der Waals surface area (Å²) in [5, 5.41) is 13.1. The minimum Gasteiger partial charge on any atom is -0.489 e. The summed E-state index contributed by atoms with van der Waals surface area (Å²) in [6.45, 7) is 0.0101. The van der Waals surface area contributed by atoms with Crippen LogP contribution in [0.15, 0.2) is 42.6 Å². The lowest BCUT2D eigenvalue weighted by atomic mass is 10.3. The molecule has 2 aromatic rings. The lowest BCUT2D eigenvalue weighted by Gasteiger charge is -2.14. The summed E-state index contributed by atoms with van der Waals surface area (Å²) in [7, 11) is 0. The van der Waals surface area contributed by atoms with Crippen LogP contribution in [0.3, 0.4) is 0 Å². The van der Waals surface area contributed by atoms with Crippen LogP contribution < -0.4 is 10.1 Å². The largest absolute Gasteiger partial charge is 0.489 e. The maximum Gasteiger partial charge on any atom is 0.269 e. The minimum absolute atomic E-state index is 0.0252. The molecule has 2 rings (SSSR count). The number of nitrogens with one attached hydrogen (secondary N) is 1. The quantitative estimate of drug-likeness (QED) is 0.847. The molecule has 5 nitrogen and oxygen atoms in total. The molecule has 0 fully saturated rings. The van der Waals surface area contributed by atoms with Crippen LogP contribution in [-0.4, -0.2) is 35.3 Å². The predicted octanol–water partition coefficient (Wildman–Crippen LogP) is 2.56. The van der Waals surface area contributed by atoms with Gasteiger partial charge in [-0.2, -0.15) is 0 Å². The molecule has 2 N–H and O–H groups in total. The van der Waals surface area contributed by atoms with Crippen LogP contribution >= 0.6 is 23.2 Å². The second-order valence-electron chi connectivity index (χ2n) is 4.44. The molecular formula is C15H14Cl2N2O3. The lowest BCUT2D eigenvalue weighted by Crippen LogP contribution is -2.35. The van der Waals surface area contributed by atoms with E-state index in [0.717, 1.165) is 0 Å². The second-order valence-corrected chi connectivity index (χ2v) is 5.23. The number of halogens is 2. The monoisotopic (exact) mass is 340 g/mol. The zero-order valence-corrected chi connectivity index (χ0v) is 13.0. The van der Waals surface area contributed by atoms with Crippen LogP contribution in [0.1, 0.15) is 10.5 Å². The highest BCUT2D eigenvalue weighted by molar-refractivity contribution is 6.42. The predicted molar refractivity (Wildman–Crippen MR) is 84.5 cm³/mol. The fraction of sp³-hybridized carbons (Fsp3) is 0.200. The summed E-state index contributed by atoms with van der Waals surface area (Å²) in [5.74, 6) is 0.0182. The summed E-state index contributed by atoms with van der Waals surface area (Å²) in [6, 6.07) is 9.99. The highest BCUT2D eigenvalue weighted by Gasteiger charge is 2.12. The van der Waals surface area contributed by atoms with E-state index in [0.29, 0.717) is 10.8 Å². The Morgan fingerprint density at radius 2 is 2.09 bits per heavy atom. The first-order chi connectivity index (χ1) is 10.6. The molecule has 0 aliphatic heterocycles. The molecule has 0 bridgehead atoms. The average Bonchev–Trinajstić information content (AvgIpc) is 2.54. The number of amides is 1. The molecule has 22 heavy (non-hydrogen) atoms. The Bertz CT molecular complexity index is 638. The standard InChI is InChI=1S/C15H14Cl2N2O3/c16-11-4-3-6-13(14(11)17)22-9-10(20)8-19-15(21)12-5-1-2-7-18-12/h1-7,10,20H,8-9H2,(H,19,21). The molecule has 0 saturated heterocycles. The van der Waals surface area contributed by atoms with Crippen molar-refractivity contribution >= 4 is 29.1 Å². The summed E-state index contributed by atoms with van der Waals surface area (Å²) >= 11 is 11.8. The summed E-state index contributed by atoms with van der Waals surface area (Å²) < 4.78 is 5.38. The SMILES string of the molecule is O=C(NCC(O)COc1cccc(Cl)c1Cl)c1ccccn1. The molecule has 116 valence electrons. The highest BCUT2D eigenvalue weighted by atomic mass is 35.5. The molecule has 7 heteroatoms. The van der Waals surface area contributed by atoms with E-state index in [1.807, 2.05) is 0 Å². The van der Waals surface area contributed by atoms with E-state index in [9.17, 15) is 9.90 Å². The maximum absolute atomic E-state index is 11.8. The zero-order chi connectivity index (χ0) is 15.9. The van der Waals surface area contributed by atoms with E-state index in [1.165, 1.54) is 6.20 Å². The molecule has 1 heterocycles. The third-order valence-electron chi connectivity index (χ3n) is 2.74. The van der Waals surface area contributed by atoms with Crippen LogP contribution in [0.5, 0.6) is 5.75 Å². The van der Waals surface area contributed by atoms with Gasteiger partial charge in [0.1, 0.15) is 29.2 Å². The van der Waals surface area contributed by atoms with E-state index in [1.54, 1.807) is 36.4 Å². The molecule has 1 unspecified atom stereocenters. The van der Waals surface area contributed by atoms with E-state index >= 15 is 0 Å². The van der Waals surface area contributed by atoms with Crippen molar-refractivity contribution in [2.24, 2.45) is 0 Å². The third kappa shape index (κ3) is 4.59. The number of aliphatic hydroxyl groups excluding tert-OH is 1. The van der Waals surface area contributed by atoms with Crippen LogP contribution in [0, 0.1) is 0 Å². The number of aromatic nitrogens is 1. The second kappa shape index (κ2) is 7.98. The number of hydrogen-bond acceptors (Lipinski definition) is 4. The third-order valence-corrected chi connectivity index (χ3v) is 3.54. The average molecular weight is 341 g/mol. The fourth-order valence-electron chi connectivity index (χ4n) is 1.64. The Kier molecular flexibility index (Phi) is 6.00. The minimum atomic E-state index is -0.886. The van der Waals surface area contributed by atoms with E-state index < -0.39 is 6.10 Å². The first-order valence-corrected chi connectivity index (χ1v) is 7.27. The number of carbonyl (C=O) groups is 1. The summed E-state index contributed by atoms with van der Waals surface area (Å²) in [5.41, 5.74) is 0.286. The molecule has 1 amide bonds. The number of pyridine rings is 1. The number of hydrogen-bond donors (Lipinski definition) is 2. The van der Waals surface area contributed by atoms with Gasteiger partial charge in [0.15, 0.2) is 0 Å². The smallest absolute Gasteiger partial charge is 0.269 e. The van der Waals surface area contributed by atoms with Gasteiger partial charge in [0.2, 0.25) is 0 Å². The molecule has 1 aromatic heterocycles. The van der Waals surface area contributed by atoms with Gasteiger partial charge in [-0.3, -0.25) is 9.78 Å². The number of nitrogens with zero attached hydrogens (tertiary/aromatic N) is 1. The zero-order valence-electron chi connectivity index (χ0n) is 11.5. The van der Waals surface area contributed by atoms with Gasteiger partial charge in [0.05, 0.1) is 5.02 Å². The Balaban J connectivity index is 1.80. The molecule has 0 aliphatic rings. The summed E-state index contributed by atoms with van der Waals surface area (Å²) in [4.78, 5) is 15.7. The van der Waals surface area contributed by atoms with E-state index in [2.05, 4.69) is 10.3 Å². The Morgan fingerprint density at radius 3 is 2.82 bits per heavy atom. The lowest BCUT2D eigenvalue weighted by molar-refractivity contribution is 0.0840. The Hall–Kier alpha value is -1.82. The fourth-order valence-corrected chi connectivity index (χ4v) is 1.98. The van der Waals surface area contributed by atoms with Crippen LogP contribution in [-0.2, 0) is 0 Å². The van der Waals surface area contributed by atoms with Gasteiger partial charge < -0.3 is 15.2 Å². The molecule has 0 aliphatic carbocycles. The van der Waals surface area contributed by atoms with Crippen molar-refractivity contribution in [1.29, 1.82) is 0 Å². The van der Waals surface area contributed by atoms with E-state index in [4.69, 9.17) is 27.9 Å². The topological polar surface area (TPSA) is 71.5 Å². The maximum atomic E-state index is 11.8. The van der Waals surface area contributed by atoms with Gasteiger partial charge in [0.25, 0.3) is 5.91 Å². The number of carbonyl (C=O) groups excluding carboxylic acids is 1. The van der Waals surface area contributed by atoms with Crippen molar-refractivity contribution in [2.75, 3.05) is 13.2 Å². The van der Waals surface area contributed by atoms with Gasteiger partial charge >= 0.3 is 0 Å². The van der Waals surface area contributed by atoms with Crippen LogP contribution in [0.4, 0.5) is 0 Å². The first-order valence-electron chi connectivity index (χ1n) is 6.52. The van der Waals surface area contributed by atoms with Crippen molar-refractivity contribution < 1.29 is 14.6 Å². The Morgan fingerprint density at radius 1 is 1.27 bits per heavy atom. The van der Waals surface area contributed by atoms with Gasteiger partial charge in [-0.1, -0.05) is 35.3 Å². The number of ether oxygens (including phenoxy) is 1. The molecule has 1 atom stereocenters. The van der Waals surface area contributed by atoms with Crippen molar-refractivity contribution in [3.63, 3.8) is 0 Å². The van der Waals surface area contributed by atoms with Crippen molar-refractivity contribution in [1.82, 2.24) is 10.3 Å². The van der Waals surface area contributed by atoms with Gasteiger partial charge in [-0.05, 0) is 24.3 Å². The van der Waals surface area contributed by atoms with E-state index in [-0.39, 0.29) is 29.8 Å². The molecule has 0 spiro atoms. The Labute approximate surface area is 137 Å².